The van der Waals surface area contributed by atoms with Gasteiger partial charge in [0.2, 0.25) is 0 Å². The molecular weight excluding hydrogens is 388 g/mol. The molecule has 0 saturated carbocycles. The van der Waals surface area contributed by atoms with E-state index in [2.05, 4.69) is 0 Å². The third kappa shape index (κ3) is 11.0. The lowest BCUT2D eigenvalue weighted by molar-refractivity contribution is -0.138. The smallest absolute Gasteiger partial charge is 0.321 e. The van der Waals surface area contributed by atoms with Crippen LogP contribution < -0.4 is 11.5 Å². The van der Waals surface area contributed by atoms with Crippen molar-refractivity contribution in [2.75, 3.05) is 11.5 Å². The molecule has 6 nitrogen and oxygen atoms in total. The molecule has 0 aromatic rings. The number of carboxylic acid groups (broad SMARTS) is 2. The Morgan fingerprint density at radius 2 is 1.19 bits per heavy atom. The molecule has 0 aromatic carbocycles. The molecule has 0 aliphatic rings. The highest BCUT2D eigenvalue weighted by Gasteiger charge is 2.14. The van der Waals surface area contributed by atoms with Crippen molar-refractivity contribution >= 4 is 67.5 Å². The van der Waals surface area contributed by atoms with Gasteiger partial charge in [-0.3, -0.25) is 9.59 Å². The fourth-order valence-corrected chi connectivity index (χ4v) is 2.61. The molecule has 2 atom stereocenters. The van der Waals surface area contributed by atoms with Crippen LogP contribution in [0.15, 0.2) is 0 Å². The van der Waals surface area contributed by atoms with Crippen LogP contribution in [0.2, 0.25) is 0 Å². The van der Waals surface area contributed by atoms with Gasteiger partial charge in [0.25, 0.3) is 0 Å². The Morgan fingerprint density at radius 1 is 0.938 bits per heavy atom. The summed E-state index contributed by atoms with van der Waals surface area (Å²) < 4.78 is 0. The maximum Gasteiger partial charge on any atom is 0.321 e. The molecule has 0 rings (SSSR count). The maximum atomic E-state index is 10.3. The quantitative estimate of drug-likeness (QED) is 0.355. The zero-order valence-electron chi connectivity index (χ0n) is 8.07. The average Bonchev–Trinajstić information content (AvgIpc) is 2.11. The van der Waals surface area contributed by atoms with E-state index < -0.39 is 24.0 Å². The van der Waals surface area contributed by atoms with Crippen molar-refractivity contribution in [3.8, 4) is 0 Å². The van der Waals surface area contributed by atoms with Gasteiger partial charge in [0, 0.05) is 11.5 Å². The molecule has 6 N–H and O–H groups in total. The molecule has 0 aliphatic heterocycles. The van der Waals surface area contributed by atoms with Gasteiger partial charge in [0.15, 0.2) is 0 Å². The molecule has 16 heavy (non-hydrogen) atoms. The standard InChI is InChI=1S/C6H12N2O4S2.2BrH/c7-3(5(9)10)1-13-14-2-4(8)6(11)12;;/h3-4H,1-2,7-8H2,(H,9,10)(H,11,12);2*1H/t3-,4-;;/m0../s1. The topological polar surface area (TPSA) is 127 Å². The van der Waals surface area contributed by atoms with Crippen molar-refractivity contribution in [1.29, 1.82) is 0 Å². The largest absolute Gasteiger partial charge is 0.480 e. The second-order valence-corrected chi connectivity index (χ2v) is 5.01. The first kappa shape index (κ1) is 21.8. The first-order chi connectivity index (χ1) is 6.45. The number of hydrogen-bond donors (Lipinski definition) is 4. The average molecular weight is 402 g/mol. The lowest BCUT2D eigenvalue weighted by atomic mass is 10.4. The first-order valence-electron chi connectivity index (χ1n) is 3.66. The Hall–Kier alpha value is 0.520. The number of carboxylic acids is 2. The lowest BCUT2D eigenvalue weighted by Gasteiger charge is -2.07. The summed E-state index contributed by atoms with van der Waals surface area (Å²) in [4.78, 5) is 20.5. The molecule has 98 valence electrons. The van der Waals surface area contributed by atoms with E-state index in [1.54, 1.807) is 0 Å². The molecule has 0 unspecified atom stereocenters. The normalized spacial score (nSPS) is 12.9. The van der Waals surface area contributed by atoms with Crippen LogP contribution in [0.4, 0.5) is 0 Å². The van der Waals surface area contributed by atoms with E-state index in [1.807, 2.05) is 0 Å². The monoisotopic (exact) mass is 400 g/mol. The number of hydrogen-bond acceptors (Lipinski definition) is 6. The van der Waals surface area contributed by atoms with Gasteiger partial charge < -0.3 is 21.7 Å². The van der Waals surface area contributed by atoms with Gasteiger partial charge in [-0.15, -0.1) is 34.0 Å². The zero-order valence-corrected chi connectivity index (χ0v) is 13.1. The number of aliphatic carboxylic acids is 2. The summed E-state index contributed by atoms with van der Waals surface area (Å²) in [5.41, 5.74) is 10.4. The minimum absolute atomic E-state index is 0. The van der Waals surface area contributed by atoms with Crippen LogP contribution in [0.25, 0.3) is 0 Å². The van der Waals surface area contributed by atoms with Crippen LogP contribution in [0.1, 0.15) is 0 Å². The summed E-state index contributed by atoms with van der Waals surface area (Å²) in [7, 11) is 2.41. The van der Waals surface area contributed by atoms with Crippen molar-refractivity contribution in [2.45, 2.75) is 12.1 Å². The van der Waals surface area contributed by atoms with Crippen molar-refractivity contribution in [2.24, 2.45) is 11.5 Å². The van der Waals surface area contributed by atoms with Crippen LogP contribution in [0, 0.1) is 0 Å². The summed E-state index contributed by atoms with van der Waals surface area (Å²) >= 11 is 0. The van der Waals surface area contributed by atoms with E-state index >= 15 is 0 Å². The summed E-state index contributed by atoms with van der Waals surface area (Å²) in [5, 5.41) is 16.8. The third-order valence-electron chi connectivity index (χ3n) is 1.21. The SMILES string of the molecule is Br.Br.N[C@@H](CSSC[C@H](N)C(=O)O)C(=O)O. The van der Waals surface area contributed by atoms with Crippen LogP contribution in [0.3, 0.4) is 0 Å². The van der Waals surface area contributed by atoms with Crippen LogP contribution >= 0.6 is 55.6 Å². The first-order valence-corrected chi connectivity index (χ1v) is 6.15. The molecule has 0 radical (unpaired) electrons. The fourth-order valence-electron chi connectivity index (χ4n) is 0.385. The molecule has 0 heterocycles. The maximum absolute atomic E-state index is 10.3. The van der Waals surface area contributed by atoms with Gasteiger partial charge in [0.1, 0.15) is 12.1 Å². The lowest BCUT2D eigenvalue weighted by Crippen LogP contribution is -2.33. The second-order valence-electron chi connectivity index (χ2n) is 2.46. The van der Waals surface area contributed by atoms with Crippen molar-refractivity contribution < 1.29 is 19.8 Å². The predicted molar refractivity (Wildman–Crippen MR) is 76.8 cm³/mol. The molecule has 0 saturated heterocycles. The number of rotatable bonds is 7. The zero-order chi connectivity index (χ0) is 11.1. The summed E-state index contributed by atoms with van der Waals surface area (Å²) in [6.07, 6.45) is 0. The van der Waals surface area contributed by atoms with E-state index in [4.69, 9.17) is 21.7 Å². The van der Waals surface area contributed by atoms with E-state index in [0.29, 0.717) is 0 Å². The van der Waals surface area contributed by atoms with Gasteiger partial charge in [-0.25, -0.2) is 0 Å². The summed E-state index contributed by atoms with van der Waals surface area (Å²) in [6, 6.07) is -1.85. The van der Waals surface area contributed by atoms with Crippen LogP contribution in [-0.4, -0.2) is 45.7 Å². The highest BCUT2D eigenvalue weighted by atomic mass is 79.9. The van der Waals surface area contributed by atoms with Gasteiger partial charge in [-0.1, -0.05) is 21.6 Å². The Morgan fingerprint density at radius 3 is 1.38 bits per heavy atom. The van der Waals surface area contributed by atoms with Gasteiger partial charge in [-0.2, -0.15) is 0 Å². The molecule has 0 aliphatic carbocycles. The third-order valence-corrected chi connectivity index (χ3v) is 3.69. The Labute approximate surface area is 122 Å². The molecule has 0 amide bonds. The Kier molecular flexibility index (Phi) is 16.3. The Balaban J connectivity index is -0.000000845. The van der Waals surface area contributed by atoms with E-state index in [0.717, 1.165) is 0 Å². The minimum atomic E-state index is -1.07. The van der Waals surface area contributed by atoms with Gasteiger partial charge >= 0.3 is 11.9 Å². The molecule has 0 spiro atoms. The molecule has 10 heteroatoms. The minimum Gasteiger partial charge on any atom is -0.480 e. The second kappa shape index (κ2) is 12.0. The van der Waals surface area contributed by atoms with Gasteiger partial charge in [-0.05, 0) is 0 Å². The summed E-state index contributed by atoms with van der Waals surface area (Å²) in [5.74, 6) is -1.68. The van der Waals surface area contributed by atoms with Crippen LogP contribution in [-0.2, 0) is 9.59 Å². The fraction of sp³-hybridized carbons (Fsp3) is 0.667. The molecule has 0 fully saturated rings. The van der Waals surface area contributed by atoms with Crippen LogP contribution in [0.5, 0.6) is 0 Å². The highest BCUT2D eigenvalue weighted by Crippen LogP contribution is 2.22. The highest BCUT2D eigenvalue weighted by molar-refractivity contribution is 8.93. The molecule has 0 bridgehead atoms. The van der Waals surface area contributed by atoms with Crippen molar-refractivity contribution in [1.82, 2.24) is 0 Å². The number of nitrogens with two attached hydrogens (primary N) is 2. The van der Waals surface area contributed by atoms with E-state index in [9.17, 15) is 9.59 Å². The molecular formula is C6H14Br2N2O4S2. The molecule has 0 aromatic heterocycles. The summed E-state index contributed by atoms with van der Waals surface area (Å²) in [6.45, 7) is 0. The number of carbonyl (C=O) groups is 2. The van der Waals surface area contributed by atoms with E-state index in [-0.39, 0.29) is 45.5 Å². The number of halogens is 2. The predicted octanol–water partition coefficient (Wildman–Crippen LogP) is 0.347. The van der Waals surface area contributed by atoms with E-state index in [1.165, 1.54) is 21.6 Å². The van der Waals surface area contributed by atoms with Crippen molar-refractivity contribution in [3.63, 3.8) is 0 Å². The van der Waals surface area contributed by atoms with Crippen molar-refractivity contribution in [3.05, 3.63) is 0 Å². The van der Waals surface area contributed by atoms with Gasteiger partial charge in [0.05, 0.1) is 0 Å². The Bertz CT molecular complexity index is 201.